The lowest BCUT2D eigenvalue weighted by molar-refractivity contribution is -0.0469. The number of amides is 1. The maximum atomic E-state index is 11.6. The van der Waals surface area contributed by atoms with Crippen molar-refractivity contribution in [1.82, 2.24) is 13.6 Å². The van der Waals surface area contributed by atoms with E-state index in [1.807, 2.05) is 0 Å². The highest BCUT2D eigenvalue weighted by Gasteiger charge is 2.28. The zero-order valence-corrected chi connectivity index (χ0v) is 7.95. The SMILES string of the molecule is CN(C(=O)c1cnsn1)C1COC1. The molecule has 0 radical (unpaired) electrons. The number of rotatable bonds is 2. The van der Waals surface area contributed by atoms with Crippen LogP contribution in [-0.4, -0.2) is 45.9 Å². The van der Waals surface area contributed by atoms with Crippen LogP contribution in [0.2, 0.25) is 0 Å². The highest BCUT2D eigenvalue weighted by atomic mass is 32.1. The Morgan fingerprint density at radius 1 is 1.77 bits per heavy atom. The molecule has 0 N–H and O–H groups in total. The Morgan fingerprint density at radius 3 is 3.00 bits per heavy atom. The van der Waals surface area contributed by atoms with E-state index in [-0.39, 0.29) is 11.9 Å². The molecule has 1 aromatic heterocycles. The third kappa shape index (κ3) is 1.54. The van der Waals surface area contributed by atoms with Crippen LogP contribution in [-0.2, 0) is 4.74 Å². The molecule has 0 aromatic carbocycles. The van der Waals surface area contributed by atoms with Crippen molar-refractivity contribution in [3.63, 3.8) is 0 Å². The molecule has 1 fully saturated rings. The average Bonchev–Trinajstić information content (AvgIpc) is 2.51. The Bertz CT molecular complexity index is 297. The van der Waals surface area contributed by atoms with Crippen molar-refractivity contribution in [2.75, 3.05) is 20.3 Å². The first-order valence-corrected chi connectivity index (χ1v) is 4.64. The highest BCUT2D eigenvalue weighted by molar-refractivity contribution is 6.99. The van der Waals surface area contributed by atoms with Crippen LogP contribution >= 0.6 is 11.7 Å². The maximum Gasteiger partial charge on any atom is 0.275 e. The lowest BCUT2D eigenvalue weighted by Gasteiger charge is -2.33. The van der Waals surface area contributed by atoms with E-state index in [2.05, 4.69) is 8.75 Å². The van der Waals surface area contributed by atoms with Gasteiger partial charge < -0.3 is 9.64 Å². The number of nitrogens with zero attached hydrogens (tertiary/aromatic N) is 3. The number of likely N-dealkylation sites (N-methyl/N-ethyl adjacent to an activating group) is 1. The number of carbonyl (C=O) groups excluding carboxylic acids is 1. The fourth-order valence-electron chi connectivity index (χ4n) is 1.05. The van der Waals surface area contributed by atoms with Crippen LogP contribution in [0.15, 0.2) is 6.20 Å². The zero-order valence-electron chi connectivity index (χ0n) is 7.14. The van der Waals surface area contributed by atoms with Crippen molar-refractivity contribution >= 4 is 17.6 Å². The van der Waals surface area contributed by atoms with E-state index in [0.29, 0.717) is 18.9 Å². The molecule has 0 aliphatic carbocycles. The second kappa shape index (κ2) is 3.39. The standard InChI is InChI=1S/C7H9N3O2S/c1-10(5-3-12-4-5)7(11)6-2-8-13-9-6/h2,5H,3-4H2,1H3. The molecule has 1 aliphatic heterocycles. The molecule has 2 rings (SSSR count). The van der Waals surface area contributed by atoms with Gasteiger partial charge in [0.05, 0.1) is 37.2 Å². The van der Waals surface area contributed by atoms with Crippen LogP contribution < -0.4 is 0 Å². The summed E-state index contributed by atoms with van der Waals surface area (Å²) in [7, 11) is 1.76. The quantitative estimate of drug-likeness (QED) is 0.673. The second-order valence-corrected chi connectivity index (χ2v) is 3.46. The van der Waals surface area contributed by atoms with Gasteiger partial charge in [0.2, 0.25) is 0 Å². The number of carbonyl (C=O) groups is 1. The van der Waals surface area contributed by atoms with Crippen molar-refractivity contribution in [2.45, 2.75) is 6.04 Å². The van der Waals surface area contributed by atoms with Crippen molar-refractivity contribution < 1.29 is 9.53 Å². The molecule has 13 heavy (non-hydrogen) atoms. The molecule has 0 spiro atoms. The van der Waals surface area contributed by atoms with Crippen molar-refractivity contribution in [3.05, 3.63) is 11.9 Å². The second-order valence-electron chi connectivity index (χ2n) is 2.90. The average molecular weight is 199 g/mol. The van der Waals surface area contributed by atoms with Crippen molar-refractivity contribution in [2.24, 2.45) is 0 Å². The summed E-state index contributed by atoms with van der Waals surface area (Å²) in [6, 6.07) is 0.203. The molecular weight excluding hydrogens is 190 g/mol. The Kier molecular flexibility index (Phi) is 2.24. The summed E-state index contributed by atoms with van der Waals surface area (Å²) >= 11 is 1.04. The third-order valence-electron chi connectivity index (χ3n) is 2.07. The molecular formula is C7H9N3O2S. The maximum absolute atomic E-state index is 11.6. The minimum absolute atomic E-state index is 0.0814. The van der Waals surface area contributed by atoms with E-state index < -0.39 is 0 Å². The van der Waals surface area contributed by atoms with Crippen LogP contribution in [0.4, 0.5) is 0 Å². The lowest BCUT2D eigenvalue weighted by Crippen LogP contribution is -2.49. The first kappa shape index (κ1) is 8.58. The Morgan fingerprint density at radius 2 is 2.54 bits per heavy atom. The predicted molar refractivity (Wildman–Crippen MR) is 46.6 cm³/mol. The molecule has 1 saturated heterocycles. The van der Waals surface area contributed by atoms with Crippen molar-refractivity contribution in [1.29, 1.82) is 0 Å². The van der Waals surface area contributed by atoms with Gasteiger partial charge in [-0.2, -0.15) is 8.75 Å². The molecule has 1 amide bonds. The van der Waals surface area contributed by atoms with Crippen LogP contribution in [0, 0.1) is 0 Å². The topological polar surface area (TPSA) is 55.3 Å². The smallest absolute Gasteiger partial charge is 0.275 e. The molecule has 0 saturated carbocycles. The molecule has 1 aromatic rings. The van der Waals surface area contributed by atoms with E-state index in [9.17, 15) is 4.79 Å². The first-order chi connectivity index (χ1) is 6.29. The lowest BCUT2D eigenvalue weighted by atomic mass is 10.2. The largest absolute Gasteiger partial charge is 0.377 e. The van der Waals surface area contributed by atoms with Gasteiger partial charge >= 0.3 is 0 Å². The molecule has 1 aliphatic rings. The van der Waals surface area contributed by atoms with E-state index in [4.69, 9.17) is 4.74 Å². The highest BCUT2D eigenvalue weighted by Crippen LogP contribution is 2.11. The predicted octanol–water partition coefficient (Wildman–Crippen LogP) is 0.00890. The molecule has 70 valence electrons. The summed E-state index contributed by atoms with van der Waals surface area (Å²) in [6.07, 6.45) is 1.49. The van der Waals surface area contributed by atoms with Crippen LogP contribution in [0.5, 0.6) is 0 Å². The Labute approximate surface area is 79.6 Å². The Hall–Kier alpha value is -1.01. The molecule has 6 heteroatoms. The number of aromatic nitrogens is 2. The fourth-order valence-corrected chi connectivity index (χ4v) is 1.46. The van der Waals surface area contributed by atoms with Gasteiger partial charge in [-0.15, -0.1) is 0 Å². The summed E-state index contributed by atoms with van der Waals surface area (Å²) in [4.78, 5) is 13.3. The van der Waals surface area contributed by atoms with E-state index in [0.717, 1.165) is 11.7 Å². The Balaban J connectivity index is 2.04. The normalized spacial score (nSPS) is 16.7. The van der Waals surface area contributed by atoms with Gasteiger partial charge in [0.15, 0.2) is 5.69 Å². The van der Waals surface area contributed by atoms with Gasteiger partial charge in [0, 0.05) is 7.05 Å². The molecule has 0 bridgehead atoms. The summed E-state index contributed by atoms with van der Waals surface area (Å²) < 4.78 is 12.7. The summed E-state index contributed by atoms with van der Waals surface area (Å²) in [5.41, 5.74) is 0.416. The number of hydrogen-bond acceptors (Lipinski definition) is 5. The van der Waals surface area contributed by atoms with Gasteiger partial charge in [-0.1, -0.05) is 0 Å². The summed E-state index contributed by atoms with van der Waals surface area (Å²) in [6.45, 7) is 1.25. The van der Waals surface area contributed by atoms with E-state index in [1.54, 1.807) is 11.9 Å². The number of ether oxygens (including phenoxy) is 1. The van der Waals surface area contributed by atoms with Crippen molar-refractivity contribution in [3.8, 4) is 0 Å². The van der Waals surface area contributed by atoms with Gasteiger partial charge in [0.1, 0.15) is 0 Å². The molecule has 0 atom stereocenters. The van der Waals surface area contributed by atoms with Crippen LogP contribution in [0.3, 0.4) is 0 Å². The van der Waals surface area contributed by atoms with Gasteiger partial charge in [-0.25, -0.2) is 0 Å². The van der Waals surface area contributed by atoms with E-state index in [1.165, 1.54) is 6.20 Å². The zero-order chi connectivity index (χ0) is 9.26. The van der Waals surface area contributed by atoms with Gasteiger partial charge in [-0.05, 0) is 0 Å². The monoisotopic (exact) mass is 199 g/mol. The van der Waals surface area contributed by atoms with Crippen LogP contribution in [0.25, 0.3) is 0 Å². The minimum atomic E-state index is -0.0814. The molecule has 0 unspecified atom stereocenters. The van der Waals surface area contributed by atoms with Gasteiger partial charge in [-0.3, -0.25) is 4.79 Å². The third-order valence-corrected chi connectivity index (χ3v) is 2.55. The fraction of sp³-hybridized carbons (Fsp3) is 0.571. The first-order valence-electron chi connectivity index (χ1n) is 3.91. The molecule has 5 nitrogen and oxygen atoms in total. The van der Waals surface area contributed by atoms with E-state index >= 15 is 0 Å². The summed E-state index contributed by atoms with van der Waals surface area (Å²) in [5.74, 6) is -0.0814. The minimum Gasteiger partial charge on any atom is -0.377 e. The van der Waals surface area contributed by atoms with Gasteiger partial charge in [0.25, 0.3) is 5.91 Å². The summed E-state index contributed by atoms with van der Waals surface area (Å²) in [5, 5.41) is 0. The molecule has 2 heterocycles. The number of hydrogen-bond donors (Lipinski definition) is 0. The van der Waals surface area contributed by atoms with Crippen LogP contribution in [0.1, 0.15) is 10.5 Å².